The van der Waals surface area contributed by atoms with Crippen molar-refractivity contribution in [3.63, 3.8) is 0 Å². The molecule has 3 aliphatic heterocycles. The molecule has 5 N–H and O–H groups in total. The molecule has 3 amide bonds. The first kappa shape index (κ1) is 22.6. The number of aliphatic hydroxyl groups excluding tert-OH is 1. The fourth-order valence-corrected chi connectivity index (χ4v) is 5.88. The quantitative estimate of drug-likeness (QED) is 0.297. The van der Waals surface area contributed by atoms with E-state index in [9.17, 15) is 29.4 Å². The SMILES string of the molecule is CNC(=O)CCNC(=O)[C@@H]1C[C@H](SC2=C(C(=O)O)N3C(=O)[C@H]([C@@H](C)O)[C@H]3[C@H]2C)CN1. The summed E-state index contributed by atoms with van der Waals surface area (Å²) in [6, 6.07) is -0.758. The van der Waals surface area contributed by atoms with Gasteiger partial charge in [0.05, 0.1) is 24.1 Å². The van der Waals surface area contributed by atoms with Crippen LogP contribution in [0.2, 0.25) is 0 Å². The van der Waals surface area contributed by atoms with E-state index in [-0.39, 0.29) is 53.6 Å². The normalized spacial score (nSPS) is 31.3. The Labute approximate surface area is 178 Å². The lowest BCUT2D eigenvalue weighted by molar-refractivity contribution is -0.163. The number of aliphatic carboxylic acids is 1. The molecule has 0 saturated carbocycles. The number of carbonyl (C=O) groups excluding carboxylic acids is 3. The molecule has 2 saturated heterocycles. The largest absolute Gasteiger partial charge is 0.477 e. The third-order valence-corrected chi connectivity index (χ3v) is 7.45. The number of carboxylic acid groups (broad SMARTS) is 1. The average molecular weight is 441 g/mol. The van der Waals surface area contributed by atoms with Crippen LogP contribution in [0.4, 0.5) is 0 Å². The van der Waals surface area contributed by atoms with Crippen LogP contribution in [0, 0.1) is 11.8 Å². The van der Waals surface area contributed by atoms with Gasteiger partial charge in [0.2, 0.25) is 17.7 Å². The Balaban J connectivity index is 1.62. The number of amides is 3. The summed E-state index contributed by atoms with van der Waals surface area (Å²) < 4.78 is 0. The van der Waals surface area contributed by atoms with Crippen LogP contribution in [-0.4, -0.2) is 82.4 Å². The van der Waals surface area contributed by atoms with Gasteiger partial charge >= 0.3 is 5.97 Å². The van der Waals surface area contributed by atoms with E-state index in [4.69, 9.17) is 0 Å². The van der Waals surface area contributed by atoms with Gasteiger partial charge in [-0.2, -0.15) is 0 Å². The van der Waals surface area contributed by atoms with Crippen molar-refractivity contribution in [3.05, 3.63) is 10.6 Å². The average Bonchev–Trinajstić information content (AvgIpc) is 3.24. The van der Waals surface area contributed by atoms with Gasteiger partial charge in [-0.25, -0.2) is 4.79 Å². The Bertz CT molecular complexity index is 785. The zero-order valence-electron chi connectivity index (χ0n) is 17.2. The molecule has 3 rings (SSSR count). The van der Waals surface area contributed by atoms with Crippen molar-refractivity contribution >= 4 is 35.5 Å². The zero-order chi connectivity index (χ0) is 22.2. The molecule has 2 fully saturated rings. The highest BCUT2D eigenvalue weighted by Crippen LogP contribution is 2.51. The molecule has 0 bridgehead atoms. The fourth-order valence-electron chi connectivity index (χ4n) is 4.40. The number of thioether (sulfide) groups is 1. The van der Waals surface area contributed by atoms with Gasteiger partial charge in [-0.3, -0.25) is 14.4 Å². The predicted molar refractivity (Wildman–Crippen MR) is 109 cm³/mol. The fraction of sp³-hybridized carbons (Fsp3) is 0.684. The Hall–Kier alpha value is -2.11. The Morgan fingerprint density at radius 3 is 2.67 bits per heavy atom. The topological polar surface area (TPSA) is 148 Å². The molecule has 0 aromatic carbocycles. The standard InChI is InChI=1S/C19H28N4O6S/c1-8-14-13(9(2)24)18(27)23(14)15(19(28)29)16(8)30-10-6-11(22-7-10)17(26)21-5-4-12(25)20-3/h8-11,13-14,22,24H,4-7H2,1-3H3,(H,20,25)(H,21,26)(H,28,29)/t8-,9-,10+,11+,13-,14-/m1/s1. The van der Waals surface area contributed by atoms with Gasteiger partial charge in [0.1, 0.15) is 5.70 Å². The van der Waals surface area contributed by atoms with Gasteiger partial charge < -0.3 is 31.1 Å². The molecule has 0 aliphatic carbocycles. The van der Waals surface area contributed by atoms with Crippen molar-refractivity contribution in [1.82, 2.24) is 20.9 Å². The van der Waals surface area contributed by atoms with Gasteiger partial charge in [-0.1, -0.05) is 6.92 Å². The van der Waals surface area contributed by atoms with Crippen LogP contribution in [0.15, 0.2) is 10.6 Å². The Morgan fingerprint density at radius 1 is 1.37 bits per heavy atom. The van der Waals surface area contributed by atoms with E-state index >= 15 is 0 Å². The van der Waals surface area contributed by atoms with Crippen LogP contribution in [0.1, 0.15) is 26.7 Å². The predicted octanol–water partition coefficient (Wildman–Crippen LogP) is -1.14. The summed E-state index contributed by atoms with van der Waals surface area (Å²) in [7, 11) is 1.54. The summed E-state index contributed by atoms with van der Waals surface area (Å²) in [5.74, 6) is -2.64. The van der Waals surface area contributed by atoms with Crippen molar-refractivity contribution in [3.8, 4) is 0 Å². The number of rotatable bonds is 8. The van der Waals surface area contributed by atoms with E-state index in [1.54, 1.807) is 6.92 Å². The number of nitrogens with zero attached hydrogens (tertiary/aromatic N) is 1. The number of hydrogen-bond donors (Lipinski definition) is 5. The summed E-state index contributed by atoms with van der Waals surface area (Å²) in [5.41, 5.74) is -0.00196. The molecule has 166 valence electrons. The van der Waals surface area contributed by atoms with E-state index in [2.05, 4.69) is 16.0 Å². The number of β-lactam (4-membered cyclic amide) rings is 1. The Kier molecular flexibility index (Phi) is 6.73. The summed E-state index contributed by atoms with van der Waals surface area (Å²) in [6.45, 7) is 4.20. The maximum Gasteiger partial charge on any atom is 0.353 e. The second kappa shape index (κ2) is 8.94. The van der Waals surface area contributed by atoms with Crippen molar-refractivity contribution < 1.29 is 29.4 Å². The van der Waals surface area contributed by atoms with Crippen molar-refractivity contribution in [2.75, 3.05) is 20.1 Å². The second-order valence-electron chi connectivity index (χ2n) is 7.92. The van der Waals surface area contributed by atoms with E-state index in [1.807, 2.05) is 6.92 Å². The van der Waals surface area contributed by atoms with Gasteiger partial charge in [0.25, 0.3) is 0 Å². The molecule has 0 spiro atoms. The van der Waals surface area contributed by atoms with E-state index < -0.39 is 24.0 Å². The van der Waals surface area contributed by atoms with Gasteiger partial charge in [0.15, 0.2) is 0 Å². The molecule has 10 nitrogen and oxygen atoms in total. The molecule has 11 heteroatoms. The lowest BCUT2D eigenvalue weighted by atomic mass is 9.79. The highest BCUT2D eigenvalue weighted by Gasteiger charge is 2.60. The van der Waals surface area contributed by atoms with Crippen LogP contribution in [0.5, 0.6) is 0 Å². The molecule has 6 atom stereocenters. The molecular formula is C19H28N4O6S. The molecular weight excluding hydrogens is 412 g/mol. The van der Waals surface area contributed by atoms with Crippen LogP contribution in [-0.2, 0) is 19.2 Å². The lowest BCUT2D eigenvalue weighted by Crippen LogP contribution is -2.63. The molecule has 3 heterocycles. The number of nitrogens with one attached hydrogen (secondary N) is 3. The van der Waals surface area contributed by atoms with E-state index in [0.29, 0.717) is 17.9 Å². The first-order valence-corrected chi connectivity index (χ1v) is 10.9. The first-order valence-electron chi connectivity index (χ1n) is 10.0. The molecule has 0 unspecified atom stereocenters. The molecule has 0 radical (unpaired) electrons. The smallest absolute Gasteiger partial charge is 0.353 e. The minimum atomic E-state index is -1.15. The summed E-state index contributed by atoms with van der Waals surface area (Å²) in [6.07, 6.45) is -0.121. The van der Waals surface area contributed by atoms with Crippen LogP contribution in [0.25, 0.3) is 0 Å². The van der Waals surface area contributed by atoms with Gasteiger partial charge in [-0.05, 0) is 13.3 Å². The zero-order valence-corrected chi connectivity index (χ0v) is 18.0. The van der Waals surface area contributed by atoms with Gasteiger partial charge in [0, 0.05) is 42.6 Å². The highest BCUT2D eigenvalue weighted by molar-refractivity contribution is 8.03. The number of aliphatic hydroxyl groups is 1. The molecule has 0 aromatic rings. The van der Waals surface area contributed by atoms with Crippen LogP contribution < -0.4 is 16.0 Å². The summed E-state index contributed by atoms with van der Waals surface area (Å²) >= 11 is 1.39. The monoisotopic (exact) mass is 440 g/mol. The van der Waals surface area contributed by atoms with Crippen molar-refractivity contribution in [1.29, 1.82) is 0 Å². The van der Waals surface area contributed by atoms with Crippen molar-refractivity contribution in [2.24, 2.45) is 11.8 Å². The maximum atomic E-state index is 12.4. The lowest BCUT2D eigenvalue weighted by Gasteiger charge is -2.46. The van der Waals surface area contributed by atoms with Crippen LogP contribution >= 0.6 is 11.8 Å². The second-order valence-corrected chi connectivity index (χ2v) is 9.26. The summed E-state index contributed by atoms with van der Waals surface area (Å²) in [4.78, 5) is 49.8. The van der Waals surface area contributed by atoms with Crippen LogP contribution in [0.3, 0.4) is 0 Å². The number of carbonyl (C=O) groups is 4. The number of hydrogen-bond acceptors (Lipinski definition) is 7. The first-order chi connectivity index (χ1) is 14.2. The van der Waals surface area contributed by atoms with E-state index in [0.717, 1.165) is 0 Å². The third kappa shape index (κ3) is 4.06. The molecule has 3 aliphatic rings. The summed E-state index contributed by atoms with van der Waals surface area (Å²) in [5, 5.41) is 28.0. The third-order valence-electron chi connectivity index (χ3n) is 5.94. The minimum Gasteiger partial charge on any atom is -0.477 e. The van der Waals surface area contributed by atoms with Crippen molar-refractivity contribution in [2.45, 2.75) is 50.1 Å². The highest BCUT2D eigenvalue weighted by atomic mass is 32.2. The molecule has 30 heavy (non-hydrogen) atoms. The minimum absolute atomic E-state index is 0.00196. The van der Waals surface area contributed by atoms with Gasteiger partial charge in [-0.15, -0.1) is 11.8 Å². The van der Waals surface area contributed by atoms with E-state index in [1.165, 1.54) is 23.7 Å². The maximum absolute atomic E-state index is 12.4. The number of fused-ring (bicyclic) bond motifs is 1. The molecule has 0 aromatic heterocycles. The number of carboxylic acids is 1. The Morgan fingerprint density at radius 2 is 2.07 bits per heavy atom.